The van der Waals surface area contributed by atoms with Gasteiger partial charge in [-0.05, 0) is 48.4 Å². The highest BCUT2D eigenvalue weighted by molar-refractivity contribution is 6.30. The van der Waals surface area contributed by atoms with Crippen LogP contribution in [-0.4, -0.2) is 27.3 Å². The fraction of sp³-hybridized carbons (Fsp3) is 0.278. The summed E-state index contributed by atoms with van der Waals surface area (Å²) in [4.78, 5) is 12.2. The van der Waals surface area contributed by atoms with Crippen LogP contribution in [0.4, 0.5) is 0 Å². The van der Waals surface area contributed by atoms with Gasteiger partial charge in [0.2, 0.25) is 5.75 Å². The minimum Gasteiger partial charge on any atom is -0.493 e. The van der Waals surface area contributed by atoms with E-state index < -0.39 is 5.97 Å². The number of hydrogen-bond donors (Lipinski definition) is 0. The molecule has 0 aliphatic heterocycles. The highest BCUT2D eigenvalue weighted by atomic mass is 35.5. The molecule has 2 aromatic carbocycles. The quantitative estimate of drug-likeness (QED) is 0.585. The topological polar surface area (TPSA) is 54.0 Å². The molecule has 0 saturated carbocycles. The van der Waals surface area contributed by atoms with Crippen molar-refractivity contribution in [1.29, 1.82) is 0 Å². The highest BCUT2D eigenvalue weighted by Gasteiger charge is 2.16. The largest absolute Gasteiger partial charge is 0.493 e. The van der Waals surface area contributed by atoms with Crippen LogP contribution in [0, 0.1) is 6.92 Å². The van der Waals surface area contributed by atoms with Gasteiger partial charge >= 0.3 is 5.97 Å². The summed E-state index contributed by atoms with van der Waals surface area (Å²) in [7, 11) is 4.57. The zero-order valence-corrected chi connectivity index (χ0v) is 14.8. The van der Waals surface area contributed by atoms with E-state index in [1.54, 1.807) is 30.3 Å². The molecule has 0 fully saturated rings. The Labute approximate surface area is 146 Å². The first-order valence-electron chi connectivity index (χ1n) is 7.24. The van der Waals surface area contributed by atoms with Gasteiger partial charge in [-0.1, -0.05) is 11.6 Å². The zero-order valence-electron chi connectivity index (χ0n) is 14.0. The number of carbonyl (C=O) groups is 1. The van der Waals surface area contributed by atoms with E-state index in [1.807, 2.05) is 6.92 Å². The Morgan fingerprint density at radius 3 is 2.08 bits per heavy atom. The Morgan fingerprint density at radius 1 is 0.958 bits per heavy atom. The Morgan fingerprint density at radius 2 is 1.58 bits per heavy atom. The summed E-state index contributed by atoms with van der Waals surface area (Å²) in [6, 6.07) is 8.53. The summed E-state index contributed by atoms with van der Waals surface area (Å²) in [6.07, 6.45) is 0.0682. The van der Waals surface area contributed by atoms with Crippen molar-refractivity contribution in [3.63, 3.8) is 0 Å². The number of rotatable bonds is 6. The van der Waals surface area contributed by atoms with E-state index in [-0.39, 0.29) is 6.42 Å². The molecule has 0 radical (unpaired) electrons. The monoisotopic (exact) mass is 350 g/mol. The number of methoxy groups -OCH3 is 3. The van der Waals surface area contributed by atoms with Crippen molar-refractivity contribution in [1.82, 2.24) is 0 Å². The third-order valence-corrected chi connectivity index (χ3v) is 3.67. The summed E-state index contributed by atoms with van der Waals surface area (Å²) in [6.45, 7) is 1.83. The van der Waals surface area contributed by atoms with Gasteiger partial charge in [0, 0.05) is 5.02 Å². The number of aryl methyl sites for hydroxylation is 1. The van der Waals surface area contributed by atoms with Crippen LogP contribution in [0.1, 0.15) is 11.1 Å². The van der Waals surface area contributed by atoms with Crippen LogP contribution in [0.15, 0.2) is 30.3 Å². The SMILES string of the molecule is COc1cc(CC(=O)Oc2ccc(Cl)cc2C)cc(OC)c1OC. The van der Waals surface area contributed by atoms with Crippen LogP contribution >= 0.6 is 11.6 Å². The molecule has 0 aromatic heterocycles. The smallest absolute Gasteiger partial charge is 0.315 e. The third-order valence-electron chi connectivity index (χ3n) is 3.43. The van der Waals surface area contributed by atoms with Gasteiger partial charge in [0.25, 0.3) is 0 Å². The molecule has 0 spiro atoms. The first-order chi connectivity index (χ1) is 11.5. The fourth-order valence-electron chi connectivity index (χ4n) is 2.29. The molecule has 2 rings (SSSR count). The minimum atomic E-state index is -0.394. The van der Waals surface area contributed by atoms with Gasteiger partial charge in [0.15, 0.2) is 11.5 Å². The Balaban J connectivity index is 2.19. The van der Waals surface area contributed by atoms with E-state index in [0.29, 0.717) is 33.6 Å². The molecule has 6 heteroatoms. The maximum absolute atomic E-state index is 12.2. The standard InChI is InChI=1S/C18H19ClO5/c1-11-7-13(19)5-6-14(11)24-17(20)10-12-8-15(21-2)18(23-4)16(9-12)22-3/h5-9H,10H2,1-4H3. The summed E-state index contributed by atoms with van der Waals surface area (Å²) in [5.41, 5.74) is 1.49. The van der Waals surface area contributed by atoms with Gasteiger partial charge in [-0.25, -0.2) is 0 Å². The zero-order chi connectivity index (χ0) is 17.7. The number of hydrogen-bond acceptors (Lipinski definition) is 5. The second kappa shape index (κ2) is 7.93. The van der Waals surface area contributed by atoms with Crippen molar-refractivity contribution < 1.29 is 23.7 Å². The van der Waals surface area contributed by atoms with E-state index in [2.05, 4.69) is 0 Å². The molecule has 0 N–H and O–H groups in total. The van der Waals surface area contributed by atoms with Crippen molar-refractivity contribution in [3.8, 4) is 23.0 Å². The van der Waals surface area contributed by atoms with Crippen molar-refractivity contribution in [2.75, 3.05) is 21.3 Å². The average Bonchev–Trinajstić information content (AvgIpc) is 2.56. The van der Waals surface area contributed by atoms with E-state index in [4.69, 9.17) is 30.5 Å². The van der Waals surface area contributed by atoms with Gasteiger partial charge in [-0.2, -0.15) is 0 Å². The predicted octanol–water partition coefficient (Wildman–Crippen LogP) is 3.82. The number of benzene rings is 2. The first-order valence-corrected chi connectivity index (χ1v) is 7.62. The fourth-order valence-corrected chi connectivity index (χ4v) is 2.52. The molecule has 24 heavy (non-hydrogen) atoms. The lowest BCUT2D eigenvalue weighted by atomic mass is 10.1. The second-order valence-corrected chi connectivity index (χ2v) is 5.53. The van der Waals surface area contributed by atoms with E-state index in [1.165, 1.54) is 21.3 Å². The molecule has 128 valence electrons. The van der Waals surface area contributed by atoms with Crippen LogP contribution < -0.4 is 18.9 Å². The first kappa shape index (κ1) is 17.9. The van der Waals surface area contributed by atoms with Crippen LogP contribution in [0.5, 0.6) is 23.0 Å². The van der Waals surface area contributed by atoms with Gasteiger partial charge in [0.05, 0.1) is 27.8 Å². The highest BCUT2D eigenvalue weighted by Crippen LogP contribution is 2.38. The van der Waals surface area contributed by atoms with Crippen LogP contribution in [-0.2, 0) is 11.2 Å². The predicted molar refractivity (Wildman–Crippen MR) is 91.6 cm³/mol. The summed E-state index contributed by atoms with van der Waals surface area (Å²) < 4.78 is 21.2. The Bertz CT molecular complexity index is 717. The summed E-state index contributed by atoms with van der Waals surface area (Å²) in [5, 5.41) is 0.594. The van der Waals surface area contributed by atoms with Crippen molar-refractivity contribution in [2.24, 2.45) is 0 Å². The Kier molecular flexibility index (Phi) is 5.93. The summed E-state index contributed by atoms with van der Waals surface area (Å²) >= 11 is 5.90. The van der Waals surface area contributed by atoms with Crippen LogP contribution in [0.25, 0.3) is 0 Å². The third kappa shape index (κ3) is 4.11. The molecule has 0 heterocycles. The molecule has 0 amide bonds. The maximum atomic E-state index is 12.2. The lowest BCUT2D eigenvalue weighted by Crippen LogP contribution is -2.12. The number of carbonyl (C=O) groups excluding carboxylic acids is 1. The van der Waals surface area contributed by atoms with Gasteiger partial charge < -0.3 is 18.9 Å². The average molecular weight is 351 g/mol. The molecule has 0 aliphatic rings. The van der Waals surface area contributed by atoms with Crippen molar-refractivity contribution >= 4 is 17.6 Å². The molecule has 5 nitrogen and oxygen atoms in total. The lowest BCUT2D eigenvalue weighted by Gasteiger charge is -2.14. The molecular formula is C18H19ClO5. The van der Waals surface area contributed by atoms with Crippen molar-refractivity contribution in [3.05, 3.63) is 46.5 Å². The Hall–Kier alpha value is -2.40. The van der Waals surface area contributed by atoms with Gasteiger partial charge in [0.1, 0.15) is 5.75 Å². The van der Waals surface area contributed by atoms with Gasteiger partial charge in [-0.15, -0.1) is 0 Å². The van der Waals surface area contributed by atoms with Crippen LogP contribution in [0.2, 0.25) is 5.02 Å². The number of esters is 1. The molecule has 0 saturated heterocycles. The lowest BCUT2D eigenvalue weighted by molar-refractivity contribution is -0.133. The normalized spacial score (nSPS) is 10.2. The molecule has 0 unspecified atom stereocenters. The molecular weight excluding hydrogens is 332 g/mol. The van der Waals surface area contributed by atoms with E-state index in [9.17, 15) is 4.79 Å². The molecule has 2 aromatic rings. The maximum Gasteiger partial charge on any atom is 0.315 e. The number of ether oxygens (including phenoxy) is 4. The minimum absolute atomic E-state index is 0.0682. The molecule has 0 atom stereocenters. The number of halogens is 1. The molecule has 0 aliphatic carbocycles. The second-order valence-electron chi connectivity index (χ2n) is 5.09. The molecule has 0 bridgehead atoms. The van der Waals surface area contributed by atoms with Crippen LogP contribution in [0.3, 0.4) is 0 Å². The van der Waals surface area contributed by atoms with Crippen molar-refractivity contribution in [2.45, 2.75) is 13.3 Å². The summed E-state index contributed by atoms with van der Waals surface area (Å²) in [5.74, 6) is 1.54. The van der Waals surface area contributed by atoms with Gasteiger partial charge in [-0.3, -0.25) is 4.79 Å². The van der Waals surface area contributed by atoms with E-state index >= 15 is 0 Å². The van der Waals surface area contributed by atoms with E-state index in [0.717, 1.165) is 5.56 Å².